The van der Waals surface area contributed by atoms with Crippen molar-refractivity contribution in [3.05, 3.63) is 16.1 Å². The fourth-order valence-electron chi connectivity index (χ4n) is 2.60. The molecule has 0 bridgehead atoms. The standard InChI is InChI=1S/C13H17N3O2S/c1-7-13(18)16(5-10-6-19-8(2)15-10)11(9-3-4-9)12(17)14-7/h6-7,9,11H,3-5H2,1-2H3,(H,14,17). The lowest BCUT2D eigenvalue weighted by Gasteiger charge is -2.37. The Kier molecular flexibility index (Phi) is 3.05. The van der Waals surface area contributed by atoms with Gasteiger partial charge >= 0.3 is 0 Å². The quantitative estimate of drug-likeness (QED) is 0.900. The van der Waals surface area contributed by atoms with Crippen molar-refractivity contribution < 1.29 is 9.59 Å². The van der Waals surface area contributed by atoms with Crippen molar-refractivity contribution in [2.75, 3.05) is 0 Å². The number of aromatic nitrogens is 1. The number of thiazole rings is 1. The fourth-order valence-corrected chi connectivity index (χ4v) is 3.20. The Morgan fingerprint density at radius 2 is 2.21 bits per heavy atom. The second-order valence-corrected chi connectivity index (χ2v) is 6.40. The third-order valence-electron chi connectivity index (χ3n) is 3.68. The molecule has 2 fully saturated rings. The third kappa shape index (κ3) is 2.36. The Hall–Kier alpha value is -1.43. The summed E-state index contributed by atoms with van der Waals surface area (Å²) < 4.78 is 0. The van der Waals surface area contributed by atoms with Gasteiger partial charge in [0.25, 0.3) is 0 Å². The van der Waals surface area contributed by atoms with Crippen molar-refractivity contribution in [2.45, 2.75) is 45.3 Å². The number of hydrogen-bond donors (Lipinski definition) is 1. The van der Waals surface area contributed by atoms with Gasteiger partial charge in [0, 0.05) is 5.38 Å². The van der Waals surface area contributed by atoms with Crippen molar-refractivity contribution >= 4 is 23.2 Å². The number of hydrogen-bond acceptors (Lipinski definition) is 4. The maximum atomic E-state index is 12.3. The minimum atomic E-state index is -0.428. The van der Waals surface area contributed by atoms with Crippen LogP contribution in [0.2, 0.25) is 0 Å². The number of amides is 2. The van der Waals surface area contributed by atoms with Gasteiger partial charge in [-0.3, -0.25) is 9.59 Å². The summed E-state index contributed by atoms with van der Waals surface area (Å²) in [5.41, 5.74) is 0.878. The van der Waals surface area contributed by atoms with Gasteiger partial charge in [-0.1, -0.05) is 0 Å². The van der Waals surface area contributed by atoms with E-state index in [9.17, 15) is 9.59 Å². The first-order valence-corrected chi connectivity index (χ1v) is 7.46. The monoisotopic (exact) mass is 279 g/mol. The van der Waals surface area contributed by atoms with Crippen LogP contribution in [0.5, 0.6) is 0 Å². The number of aryl methyl sites for hydroxylation is 1. The second-order valence-electron chi connectivity index (χ2n) is 5.34. The Bertz CT molecular complexity index is 524. The molecule has 2 amide bonds. The van der Waals surface area contributed by atoms with E-state index in [1.165, 1.54) is 0 Å². The van der Waals surface area contributed by atoms with Gasteiger partial charge in [0.15, 0.2) is 0 Å². The van der Waals surface area contributed by atoms with E-state index in [1.54, 1.807) is 23.2 Å². The van der Waals surface area contributed by atoms with Gasteiger partial charge in [-0.15, -0.1) is 11.3 Å². The number of carbonyl (C=O) groups is 2. The van der Waals surface area contributed by atoms with Crippen LogP contribution < -0.4 is 5.32 Å². The highest BCUT2D eigenvalue weighted by atomic mass is 32.1. The predicted molar refractivity (Wildman–Crippen MR) is 71.5 cm³/mol. The Labute approximate surface area is 116 Å². The van der Waals surface area contributed by atoms with Crippen LogP contribution in [0.15, 0.2) is 5.38 Å². The molecule has 0 radical (unpaired) electrons. The lowest BCUT2D eigenvalue weighted by atomic mass is 10.0. The van der Waals surface area contributed by atoms with E-state index in [4.69, 9.17) is 0 Å². The molecule has 1 aromatic rings. The van der Waals surface area contributed by atoms with Gasteiger partial charge in [-0.2, -0.15) is 0 Å². The van der Waals surface area contributed by atoms with E-state index < -0.39 is 6.04 Å². The Morgan fingerprint density at radius 3 is 2.79 bits per heavy atom. The second kappa shape index (κ2) is 4.59. The molecule has 3 rings (SSSR count). The first-order valence-electron chi connectivity index (χ1n) is 6.58. The van der Waals surface area contributed by atoms with Crippen LogP contribution in [0.1, 0.15) is 30.5 Å². The third-order valence-corrected chi connectivity index (χ3v) is 4.51. The van der Waals surface area contributed by atoms with E-state index in [0.717, 1.165) is 23.5 Å². The number of nitrogens with zero attached hydrogens (tertiary/aromatic N) is 2. The first kappa shape index (κ1) is 12.6. The van der Waals surface area contributed by atoms with Crippen LogP contribution in [-0.4, -0.2) is 33.8 Å². The van der Waals surface area contributed by atoms with Crippen LogP contribution in [0.4, 0.5) is 0 Å². The predicted octanol–water partition coefficient (Wildman–Crippen LogP) is 1.08. The molecular weight excluding hydrogens is 262 g/mol. The maximum absolute atomic E-state index is 12.3. The number of carbonyl (C=O) groups excluding carboxylic acids is 2. The average Bonchev–Trinajstić information content (AvgIpc) is 3.09. The molecule has 6 heteroatoms. The largest absolute Gasteiger partial charge is 0.343 e. The van der Waals surface area contributed by atoms with E-state index in [2.05, 4.69) is 10.3 Å². The van der Waals surface area contributed by atoms with Gasteiger partial charge in [-0.25, -0.2) is 4.98 Å². The van der Waals surface area contributed by atoms with Crippen molar-refractivity contribution in [3.8, 4) is 0 Å². The van der Waals surface area contributed by atoms with Crippen LogP contribution in [0.3, 0.4) is 0 Å². The van der Waals surface area contributed by atoms with Crippen LogP contribution >= 0.6 is 11.3 Å². The molecule has 5 nitrogen and oxygen atoms in total. The molecule has 1 aliphatic heterocycles. The highest BCUT2D eigenvalue weighted by molar-refractivity contribution is 7.09. The minimum Gasteiger partial charge on any atom is -0.343 e. The first-order chi connectivity index (χ1) is 9.06. The number of rotatable bonds is 3. The van der Waals surface area contributed by atoms with Crippen LogP contribution in [0, 0.1) is 12.8 Å². The zero-order chi connectivity index (χ0) is 13.6. The summed E-state index contributed by atoms with van der Waals surface area (Å²) in [6.45, 7) is 4.13. The van der Waals surface area contributed by atoms with E-state index in [1.807, 2.05) is 12.3 Å². The molecule has 2 aliphatic rings. The summed E-state index contributed by atoms with van der Waals surface area (Å²) in [6.07, 6.45) is 2.07. The molecule has 2 heterocycles. The molecule has 1 saturated heterocycles. The lowest BCUT2D eigenvalue weighted by Crippen LogP contribution is -2.62. The van der Waals surface area contributed by atoms with Gasteiger partial charge in [0.2, 0.25) is 11.8 Å². The van der Waals surface area contributed by atoms with E-state index in [0.29, 0.717) is 12.5 Å². The van der Waals surface area contributed by atoms with Gasteiger partial charge < -0.3 is 10.2 Å². The Morgan fingerprint density at radius 1 is 1.47 bits per heavy atom. The molecule has 1 aliphatic carbocycles. The molecular formula is C13H17N3O2S. The molecule has 102 valence electrons. The van der Waals surface area contributed by atoms with Crippen molar-refractivity contribution in [1.82, 2.24) is 15.2 Å². The molecule has 1 N–H and O–H groups in total. The van der Waals surface area contributed by atoms with Crippen LogP contribution in [-0.2, 0) is 16.1 Å². The summed E-state index contributed by atoms with van der Waals surface area (Å²) in [6, 6.07) is -0.729. The summed E-state index contributed by atoms with van der Waals surface area (Å²) in [7, 11) is 0. The summed E-state index contributed by atoms with van der Waals surface area (Å²) in [4.78, 5) is 30.5. The van der Waals surface area contributed by atoms with E-state index >= 15 is 0 Å². The SMILES string of the molecule is Cc1nc(CN2C(=O)C(C)NC(=O)C2C2CC2)cs1. The number of nitrogens with one attached hydrogen (secondary N) is 1. The Balaban J connectivity index is 1.84. The summed E-state index contributed by atoms with van der Waals surface area (Å²) in [5, 5.41) is 5.72. The minimum absolute atomic E-state index is 0.00199. The molecule has 0 spiro atoms. The molecule has 19 heavy (non-hydrogen) atoms. The summed E-state index contributed by atoms with van der Waals surface area (Å²) in [5.74, 6) is 0.319. The smallest absolute Gasteiger partial charge is 0.245 e. The average molecular weight is 279 g/mol. The zero-order valence-electron chi connectivity index (χ0n) is 11.0. The van der Waals surface area contributed by atoms with Gasteiger partial charge in [0.1, 0.15) is 12.1 Å². The molecule has 0 aromatic carbocycles. The zero-order valence-corrected chi connectivity index (χ0v) is 11.9. The topological polar surface area (TPSA) is 62.3 Å². The normalized spacial score (nSPS) is 27.6. The highest BCUT2D eigenvalue weighted by Gasteiger charge is 2.46. The van der Waals surface area contributed by atoms with Crippen molar-refractivity contribution in [3.63, 3.8) is 0 Å². The highest BCUT2D eigenvalue weighted by Crippen LogP contribution is 2.37. The number of piperazine rings is 1. The van der Waals surface area contributed by atoms with Gasteiger partial charge in [-0.05, 0) is 32.6 Å². The molecule has 2 atom stereocenters. The van der Waals surface area contributed by atoms with E-state index in [-0.39, 0.29) is 17.9 Å². The lowest BCUT2D eigenvalue weighted by molar-refractivity contribution is -0.150. The molecule has 2 unspecified atom stereocenters. The summed E-state index contributed by atoms with van der Waals surface area (Å²) >= 11 is 1.57. The van der Waals surface area contributed by atoms with Gasteiger partial charge in [0.05, 0.1) is 17.2 Å². The molecule has 1 saturated carbocycles. The van der Waals surface area contributed by atoms with Crippen molar-refractivity contribution in [2.24, 2.45) is 5.92 Å². The molecule has 1 aromatic heterocycles. The fraction of sp³-hybridized carbons (Fsp3) is 0.615. The maximum Gasteiger partial charge on any atom is 0.245 e. The van der Waals surface area contributed by atoms with Crippen molar-refractivity contribution in [1.29, 1.82) is 0 Å². The van der Waals surface area contributed by atoms with Crippen LogP contribution in [0.25, 0.3) is 0 Å².